The molecule has 0 radical (unpaired) electrons. The van der Waals surface area contributed by atoms with Crippen molar-refractivity contribution in [2.24, 2.45) is 5.73 Å². The van der Waals surface area contributed by atoms with Gasteiger partial charge in [-0.25, -0.2) is 4.98 Å². The van der Waals surface area contributed by atoms with Crippen LogP contribution in [0.25, 0.3) is 0 Å². The molecule has 0 saturated carbocycles. The van der Waals surface area contributed by atoms with Gasteiger partial charge in [-0.05, 0) is 11.6 Å². The monoisotopic (exact) mass is 294 g/mol. The van der Waals surface area contributed by atoms with E-state index in [1.54, 1.807) is 7.11 Å². The molecular formula is C15H26N4O2. The first kappa shape index (κ1) is 16.2. The van der Waals surface area contributed by atoms with Crippen molar-refractivity contribution in [2.75, 3.05) is 64.6 Å². The van der Waals surface area contributed by atoms with Gasteiger partial charge >= 0.3 is 0 Å². The van der Waals surface area contributed by atoms with Crippen LogP contribution >= 0.6 is 0 Å². The van der Waals surface area contributed by atoms with E-state index in [1.807, 2.05) is 6.20 Å². The molecule has 21 heavy (non-hydrogen) atoms. The van der Waals surface area contributed by atoms with Crippen molar-refractivity contribution in [1.82, 2.24) is 9.88 Å². The summed E-state index contributed by atoms with van der Waals surface area (Å²) in [6.45, 7) is 7.75. The molecule has 1 aliphatic heterocycles. The lowest BCUT2D eigenvalue weighted by atomic mass is 10.2. The van der Waals surface area contributed by atoms with Gasteiger partial charge in [0.1, 0.15) is 5.82 Å². The number of hydrogen-bond acceptors (Lipinski definition) is 6. The Morgan fingerprint density at radius 3 is 2.57 bits per heavy atom. The number of methoxy groups -OCH3 is 1. The third kappa shape index (κ3) is 5.24. The van der Waals surface area contributed by atoms with E-state index in [0.717, 1.165) is 50.7 Å². The Hall–Kier alpha value is -1.21. The minimum atomic E-state index is 0.546. The number of hydrogen-bond donors (Lipinski definition) is 1. The molecule has 0 spiro atoms. The van der Waals surface area contributed by atoms with Gasteiger partial charge < -0.3 is 20.1 Å². The van der Waals surface area contributed by atoms with E-state index >= 15 is 0 Å². The Kier molecular flexibility index (Phi) is 6.88. The predicted octanol–water partition coefficient (Wildman–Crippen LogP) is 0.325. The highest BCUT2D eigenvalue weighted by atomic mass is 16.5. The molecule has 0 atom stereocenters. The number of pyridine rings is 1. The highest BCUT2D eigenvalue weighted by molar-refractivity contribution is 5.39. The molecule has 1 saturated heterocycles. The van der Waals surface area contributed by atoms with Crippen LogP contribution in [0.15, 0.2) is 18.3 Å². The first-order chi connectivity index (χ1) is 10.3. The normalized spacial score (nSPS) is 16.4. The maximum Gasteiger partial charge on any atom is 0.128 e. The summed E-state index contributed by atoms with van der Waals surface area (Å²) < 4.78 is 10.5. The zero-order chi connectivity index (χ0) is 14.9. The van der Waals surface area contributed by atoms with Gasteiger partial charge in [0.25, 0.3) is 0 Å². The van der Waals surface area contributed by atoms with Gasteiger partial charge in [0.2, 0.25) is 0 Å². The molecule has 118 valence electrons. The number of piperazine rings is 1. The lowest BCUT2D eigenvalue weighted by molar-refractivity contribution is 0.0563. The Morgan fingerprint density at radius 2 is 1.95 bits per heavy atom. The molecule has 2 heterocycles. The topological polar surface area (TPSA) is 63.9 Å². The summed E-state index contributed by atoms with van der Waals surface area (Å²) in [5.74, 6) is 1.04. The molecule has 1 aliphatic rings. The molecule has 0 amide bonds. The van der Waals surface area contributed by atoms with Crippen molar-refractivity contribution in [3.05, 3.63) is 23.9 Å². The lowest BCUT2D eigenvalue weighted by Crippen LogP contribution is -2.47. The molecular weight excluding hydrogens is 268 g/mol. The van der Waals surface area contributed by atoms with Gasteiger partial charge in [0, 0.05) is 52.6 Å². The molecule has 6 heteroatoms. The zero-order valence-electron chi connectivity index (χ0n) is 12.8. The number of nitrogens with zero attached hydrogens (tertiary/aromatic N) is 3. The Balaban J connectivity index is 1.67. The van der Waals surface area contributed by atoms with Crippen molar-refractivity contribution in [3.63, 3.8) is 0 Å². The van der Waals surface area contributed by atoms with Crippen LogP contribution < -0.4 is 10.6 Å². The average molecular weight is 294 g/mol. The molecule has 1 fully saturated rings. The number of rotatable bonds is 8. The second-order valence-electron chi connectivity index (χ2n) is 5.16. The summed E-state index contributed by atoms with van der Waals surface area (Å²) in [5.41, 5.74) is 6.67. The molecule has 0 aromatic carbocycles. The molecule has 1 aromatic rings. The minimum Gasteiger partial charge on any atom is -0.382 e. The molecule has 2 rings (SSSR count). The van der Waals surface area contributed by atoms with E-state index in [-0.39, 0.29) is 0 Å². The van der Waals surface area contributed by atoms with E-state index in [2.05, 4.69) is 26.9 Å². The van der Waals surface area contributed by atoms with Gasteiger partial charge in [-0.1, -0.05) is 6.07 Å². The van der Waals surface area contributed by atoms with Crippen molar-refractivity contribution >= 4 is 5.82 Å². The summed E-state index contributed by atoms with van der Waals surface area (Å²) >= 11 is 0. The fourth-order valence-corrected chi connectivity index (χ4v) is 2.36. The van der Waals surface area contributed by atoms with Crippen LogP contribution in [0.4, 0.5) is 5.82 Å². The minimum absolute atomic E-state index is 0.546. The van der Waals surface area contributed by atoms with Crippen molar-refractivity contribution in [2.45, 2.75) is 6.54 Å². The molecule has 6 nitrogen and oxygen atoms in total. The SMILES string of the molecule is COCCOCCN1CCN(c2ccc(CN)cn2)CC1. The van der Waals surface area contributed by atoms with E-state index in [0.29, 0.717) is 19.8 Å². The summed E-state index contributed by atoms with van der Waals surface area (Å²) in [7, 11) is 1.69. The summed E-state index contributed by atoms with van der Waals surface area (Å²) in [6, 6.07) is 4.12. The highest BCUT2D eigenvalue weighted by Gasteiger charge is 2.17. The van der Waals surface area contributed by atoms with Crippen molar-refractivity contribution in [1.29, 1.82) is 0 Å². The van der Waals surface area contributed by atoms with Crippen LogP contribution in [0.1, 0.15) is 5.56 Å². The quantitative estimate of drug-likeness (QED) is 0.697. The molecule has 0 unspecified atom stereocenters. The second-order valence-corrected chi connectivity index (χ2v) is 5.16. The number of nitrogens with two attached hydrogens (primary N) is 1. The van der Waals surface area contributed by atoms with Gasteiger partial charge in [0.05, 0.1) is 19.8 Å². The fraction of sp³-hybridized carbons (Fsp3) is 0.667. The van der Waals surface area contributed by atoms with Crippen molar-refractivity contribution in [3.8, 4) is 0 Å². The summed E-state index contributed by atoms with van der Waals surface area (Å²) in [4.78, 5) is 9.23. The van der Waals surface area contributed by atoms with E-state index in [1.165, 1.54) is 0 Å². The van der Waals surface area contributed by atoms with Gasteiger partial charge in [-0.3, -0.25) is 4.90 Å². The van der Waals surface area contributed by atoms with Gasteiger partial charge in [0.15, 0.2) is 0 Å². The third-order valence-electron chi connectivity index (χ3n) is 3.72. The van der Waals surface area contributed by atoms with E-state index in [9.17, 15) is 0 Å². The summed E-state index contributed by atoms with van der Waals surface area (Å²) in [5, 5.41) is 0. The van der Waals surface area contributed by atoms with Crippen LogP contribution in [-0.2, 0) is 16.0 Å². The highest BCUT2D eigenvalue weighted by Crippen LogP contribution is 2.13. The van der Waals surface area contributed by atoms with Crippen LogP contribution in [0.5, 0.6) is 0 Å². The smallest absolute Gasteiger partial charge is 0.128 e. The molecule has 0 bridgehead atoms. The Morgan fingerprint density at radius 1 is 1.14 bits per heavy atom. The van der Waals surface area contributed by atoms with E-state index < -0.39 is 0 Å². The predicted molar refractivity (Wildman–Crippen MR) is 83.5 cm³/mol. The summed E-state index contributed by atoms with van der Waals surface area (Å²) in [6.07, 6.45) is 1.87. The zero-order valence-corrected chi connectivity index (χ0v) is 12.8. The molecule has 1 aromatic heterocycles. The molecule has 0 aliphatic carbocycles. The standard InChI is InChI=1S/C15H26N4O2/c1-20-10-11-21-9-8-18-4-6-19(7-5-18)15-3-2-14(12-16)13-17-15/h2-3,13H,4-12,16H2,1H3. The lowest BCUT2D eigenvalue weighted by Gasteiger charge is -2.35. The first-order valence-corrected chi connectivity index (χ1v) is 7.52. The average Bonchev–Trinajstić information content (AvgIpc) is 2.55. The van der Waals surface area contributed by atoms with Crippen LogP contribution in [0.2, 0.25) is 0 Å². The molecule has 2 N–H and O–H groups in total. The Labute approximate surface area is 126 Å². The largest absolute Gasteiger partial charge is 0.382 e. The van der Waals surface area contributed by atoms with Crippen LogP contribution in [0.3, 0.4) is 0 Å². The third-order valence-corrected chi connectivity index (χ3v) is 3.72. The fourth-order valence-electron chi connectivity index (χ4n) is 2.36. The first-order valence-electron chi connectivity index (χ1n) is 7.52. The Bertz CT molecular complexity index is 391. The van der Waals surface area contributed by atoms with Gasteiger partial charge in [-0.15, -0.1) is 0 Å². The van der Waals surface area contributed by atoms with E-state index in [4.69, 9.17) is 15.2 Å². The van der Waals surface area contributed by atoms with Crippen LogP contribution in [0, 0.1) is 0 Å². The van der Waals surface area contributed by atoms with Crippen molar-refractivity contribution < 1.29 is 9.47 Å². The number of anilines is 1. The maximum absolute atomic E-state index is 5.59. The number of ether oxygens (including phenoxy) is 2. The maximum atomic E-state index is 5.59. The van der Waals surface area contributed by atoms with Gasteiger partial charge in [-0.2, -0.15) is 0 Å². The number of aromatic nitrogens is 1. The second kappa shape index (κ2) is 8.94. The van der Waals surface area contributed by atoms with Crippen LogP contribution in [-0.4, -0.2) is 69.5 Å².